The van der Waals surface area contributed by atoms with Gasteiger partial charge in [0.2, 0.25) is 0 Å². The summed E-state index contributed by atoms with van der Waals surface area (Å²) in [6.07, 6.45) is 1.13. The van der Waals surface area contributed by atoms with Crippen molar-refractivity contribution in [3.8, 4) is 0 Å². The average Bonchev–Trinajstić information content (AvgIpc) is 2.51. The number of nitrogens with one attached hydrogen (secondary N) is 1. The molecule has 0 unspecified atom stereocenters. The Bertz CT molecular complexity index is 334. The van der Waals surface area contributed by atoms with Gasteiger partial charge in [-0.15, -0.1) is 0 Å². The number of hydrogen-bond acceptors (Lipinski definition) is 2. The maximum Gasteiger partial charge on any atom is 0.0405 e. The van der Waals surface area contributed by atoms with Gasteiger partial charge in [-0.05, 0) is 24.1 Å². The number of rotatable bonds is 1. The molecule has 1 aliphatic rings. The summed E-state index contributed by atoms with van der Waals surface area (Å²) in [4.78, 5) is 2.12. The summed E-state index contributed by atoms with van der Waals surface area (Å²) in [5.41, 5.74) is 3.92. The first kappa shape index (κ1) is 8.88. The first-order valence-corrected chi connectivity index (χ1v) is 5.21. The van der Waals surface area contributed by atoms with Crippen molar-refractivity contribution in [2.24, 2.45) is 0 Å². The smallest absolute Gasteiger partial charge is 0.0405 e. The van der Waals surface area contributed by atoms with Crippen LogP contribution in [0, 0.1) is 0 Å². The van der Waals surface area contributed by atoms with Crippen LogP contribution in [0.3, 0.4) is 0 Å². The second-order valence-electron chi connectivity index (χ2n) is 3.52. The Balaban J connectivity index is 2.49. The zero-order valence-electron chi connectivity index (χ0n) is 7.89. The van der Waals surface area contributed by atoms with Crippen molar-refractivity contribution in [1.29, 1.82) is 0 Å². The summed E-state index contributed by atoms with van der Waals surface area (Å²) in [7, 11) is 4.12. The molecule has 0 saturated heterocycles. The van der Waals surface area contributed by atoms with Gasteiger partial charge in [-0.1, -0.05) is 15.9 Å². The van der Waals surface area contributed by atoms with E-state index in [2.05, 4.69) is 52.4 Å². The molecule has 2 nitrogen and oxygen atoms in total. The predicted molar refractivity (Wildman–Crippen MR) is 60.7 cm³/mol. The average molecular weight is 241 g/mol. The Labute approximate surface area is 87.1 Å². The molecule has 1 N–H and O–H groups in total. The molecule has 1 aromatic carbocycles. The van der Waals surface area contributed by atoms with E-state index in [0.717, 1.165) is 13.0 Å². The maximum atomic E-state index is 3.60. The second-order valence-corrected chi connectivity index (χ2v) is 4.38. The van der Waals surface area contributed by atoms with Crippen molar-refractivity contribution in [1.82, 2.24) is 0 Å². The number of nitrogens with zero attached hydrogens (tertiary/aromatic N) is 1. The van der Waals surface area contributed by atoms with Gasteiger partial charge in [0.05, 0.1) is 0 Å². The fraction of sp³-hybridized carbons (Fsp3) is 0.400. The van der Waals surface area contributed by atoms with E-state index in [-0.39, 0.29) is 0 Å². The lowest BCUT2D eigenvalue weighted by molar-refractivity contribution is 1.10. The standard InChI is InChI=1S/C10H13BrN2/c1-13(2)7-5-9(11)8-3-4-12-10(8)6-7/h5-6,12H,3-4H2,1-2H3. The van der Waals surface area contributed by atoms with Crippen LogP contribution >= 0.6 is 15.9 Å². The van der Waals surface area contributed by atoms with Gasteiger partial charge >= 0.3 is 0 Å². The largest absolute Gasteiger partial charge is 0.384 e. The van der Waals surface area contributed by atoms with E-state index in [1.54, 1.807) is 0 Å². The summed E-state index contributed by atoms with van der Waals surface area (Å²) in [5, 5.41) is 3.38. The van der Waals surface area contributed by atoms with Gasteiger partial charge in [-0.3, -0.25) is 0 Å². The minimum atomic E-state index is 1.06. The van der Waals surface area contributed by atoms with Gasteiger partial charge in [0.25, 0.3) is 0 Å². The first-order valence-electron chi connectivity index (χ1n) is 4.42. The van der Waals surface area contributed by atoms with Crippen LogP contribution in [-0.4, -0.2) is 20.6 Å². The van der Waals surface area contributed by atoms with Gasteiger partial charge in [-0.2, -0.15) is 0 Å². The zero-order chi connectivity index (χ0) is 9.42. The molecular formula is C10H13BrN2. The van der Waals surface area contributed by atoms with Crippen LogP contribution < -0.4 is 10.2 Å². The second kappa shape index (κ2) is 3.22. The molecule has 1 aromatic rings. The highest BCUT2D eigenvalue weighted by Crippen LogP contribution is 2.33. The zero-order valence-corrected chi connectivity index (χ0v) is 9.48. The Kier molecular flexibility index (Phi) is 2.20. The molecule has 0 spiro atoms. The number of hydrogen-bond donors (Lipinski definition) is 1. The van der Waals surface area contributed by atoms with E-state index in [9.17, 15) is 0 Å². The Morgan fingerprint density at radius 3 is 2.85 bits per heavy atom. The molecule has 0 amide bonds. The van der Waals surface area contributed by atoms with Gasteiger partial charge in [0, 0.05) is 36.5 Å². The van der Waals surface area contributed by atoms with E-state index in [4.69, 9.17) is 0 Å². The van der Waals surface area contributed by atoms with E-state index in [1.807, 2.05) is 0 Å². The van der Waals surface area contributed by atoms with Crippen molar-refractivity contribution in [3.05, 3.63) is 22.2 Å². The SMILES string of the molecule is CN(C)c1cc(Br)c2c(c1)NCC2. The quantitative estimate of drug-likeness (QED) is 0.812. The molecule has 0 atom stereocenters. The van der Waals surface area contributed by atoms with Crippen molar-refractivity contribution in [2.75, 3.05) is 30.9 Å². The minimum Gasteiger partial charge on any atom is -0.384 e. The van der Waals surface area contributed by atoms with Gasteiger partial charge < -0.3 is 10.2 Å². The number of halogens is 1. The highest BCUT2D eigenvalue weighted by molar-refractivity contribution is 9.10. The Morgan fingerprint density at radius 1 is 1.38 bits per heavy atom. The van der Waals surface area contributed by atoms with Crippen LogP contribution in [0.5, 0.6) is 0 Å². The third-order valence-electron chi connectivity index (χ3n) is 2.39. The molecule has 0 saturated carbocycles. The first-order chi connectivity index (χ1) is 6.18. The van der Waals surface area contributed by atoms with Gasteiger partial charge in [0.15, 0.2) is 0 Å². The van der Waals surface area contributed by atoms with Gasteiger partial charge in [0.1, 0.15) is 0 Å². The molecule has 0 bridgehead atoms. The summed E-state index contributed by atoms with van der Waals surface area (Å²) in [5.74, 6) is 0. The minimum absolute atomic E-state index is 1.06. The summed E-state index contributed by atoms with van der Waals surface area (Å²) < 4.78 is 1.22. The molecule has 13 heavy (non-hydrogen) atoms. The monoisotopic (exact) mass is 240 g/mol. The maximum absolute atomic E-state index is 3.60. The molecule has 0 radical (unpaired) electrons. The molecule has 2 rings (SSSR count). The highest BCUT2D eigenvalue weighted by Gasteiger charge is 2.14. The van der Waals surface area contributed by atoms with Crippen LogP contribution in [0.25, 0.3) is 0 Å². The number of benzene rings is 1. The van der Waals surface area contributed by atoms with E-state index >= 15 is 0 Å². The molecule has 3 heteroatoms. The van der Waals surface area contributed by atoms with Crippen molar-refractivity contribution in [2.45, 2.75) is 6.42 Å². The molecule has 0 aliphatic carbocycles. The van der Waals surface area contributed by atoms with Crippen LogP contribution in [0.4, 0.5) is 11.4 Å². The third-order valence-corrected chi connectivity index (χ3v) is 3.09. The van der Waals surface area contributed by atoms with Crippen LogP contribution in [0.1, 0.15) is 5.56 Å². The summed E-state index contributed by atoms with van der Waals surface area (Å²) in [6, 6.07) is 4.37. The lowest BCUT2D eigenvalue weighted by atomic mass is 10.1. The number of fused-ring (bicyclic) bond motifs is 1. The third kappa shape index (κ3) is 1.53. The number of anilines is 2. The van der Waals surface area contributed by atoms with Gasteiger partial charge in [-0.25, -0.2) is 0 Å². The highest BCUT2D eigenvalue weighted by atomic mass is 79.9. The lowest BCUT2D eigenvalue weighted by Crippen LogP contribution is -2.08. The molecule has 1 aliphatic heterocycles. The van der Waals surface area contributed by atoms with Crippen molar-refractivity contribution >= 4 is 27.3 Å². The molecule has 0 fully saturated rings. The molecular weight excluding hydrogens is 228 g/mol. The summed E-state index contributed by atoms with van der Waals surface area (Å²) in [6.45, 7) is 1.06. The summed E-state index contributed by atoms with van der Waals surface area (Å²) >= 11 is 3.60. The fourth-order valence-corrected chi connectivity index (χ4v) is 2.26. The normalized spacial score (nSPS) is 13.8. The van der Waals surface area contributed by atoms with Crippen molar-refractivity contribution < 1.29 is 0 Å². The van der Waals surface area contributed by atoms with Crippen LogP contribution in [0.2, 0.25) is 0 Å². The lowest BCUT2D eigenvalue weighted by Gasteiger charge is -2.15. The molecule has 1 heterocycles. The van der Waals surface area contributed by atoms with E-state index < -0.39 is 0 Å². The van der Waals surface area contributed by atoms with E-state index in [0.29, 0.717) is 0 Å². The topological polar surface area (TPSA) is 15.3 Å². The Hall–Kier alpha value is -0.700. The predicted octanol–water partition coefficient (Wildman–Crippen LogP) is 2.48. The molecule has 70 valence electrons. The fourth-order valence-electron chi connectivity index (χ4n) is 1.61. The Morgan fingerprint density at radius 2 is 2.15 bits per heavy atom. The van der Waals surface area contributed by atoms with Crippen LogP contribution in [0.15, 0.2) is 16.6 Å². The van der Waals surface area contributed by atoms with E-state index in [1.165, 1.54) is 21.4 Å². The van der Waals surface area contributed by atoms with Crippen LogP contribution in [-0.2, 0) is 6.42 Å². The molecule has 0 aromatic heterocycles. The van der Waals surface area contributed by atoms with Crippen molar-refractivity contribution in [3.63, 3.8) is 0 Å².